The number of benzene rings is 2. The first-order chi connectivity index (χ1) is 16.8. The van der Waals surface area contributed by atoms with Gasteiger partial charge in [-0.25, -0.2) is 8.78 Å². The Morgan fingerprint density at radius 1 is 1.03 bits per heavy atom. The number of phenolic OH excluding ortho intramolecular Hbond substituents is 1. The maximum atomic E-state index is 14.3. The van der Waals surface area contributed by atoms with Crippen LogP contribution in [0.1, 0.15) is 47.4 Å². The Kier molecular flexibility index (Phi) is 7.19. The Morgan fingerprint density at radius 2 is 1.66 bits per heavy atom. The van der Waals surface area contributed by atoms with Crippen molar-refractivity contribution in [2.24, 2.45) is 5.92 Å². The highest BCUT2D eigenvalue weighted by Gasteiger charge is 2.40. The molecular weight excluding hydrogens is 454 g/mol. The molecule has 0 saturated heterocycles. The van der Waals surface area contributed by atoms with Gasteiger partial charge >= 0.3 is 0 Å². The summed E-state index contributed by atoms with van der Waals surface area (Å²) in [6.45, 7) is 2.34. The van der Waals surface area contributed by atoms with Crippen molar-refractivity contribution in [2.45, 2.75) is 38.1 Å². The lowest BCUT2D eigenvalue weighted by atomic mass is 9.83. The second-order valence-electron chi connectivity index (χ2n) is 8.86. The molecule has 3 atom stereocenters. The highest BCUT2D eigenvalue weighted by Crippen LogP contribution is 2.50. The fourth-order valence-corrected chi connectivity index (χ4v) is 4.95. The van der Waals surface area contributed by atoms with E-state index in [2.05, 4.69) is 10.3 Å². The first kappa shape index (κ1) is 24.4. The fraction of sp³-hybridized carbons (Fsp3) is 0.333. The average molecular weight is 483 g/mol. The van der Waals surface area contributed by atoms with Gasteiger partial charge in [0.1, 0.15) is 0 Å². The van der Waals surface area contributed by atoms with Crippen molar-refractivity contribution < 1.29 is 28.2 Å². The molecule has 0 radical (unpaired) electrons. The number of carbonyl (C=O) groups excluding carboxylic acids is 1. The van der Waals surface area contributed by atoms with Crippen molar-refractivity contribution in [1.29, 1.82) is 0 Å². The van der Waals surface area contributed by atoms with E-state index in [-0.39, 0.29) is 47.3 Å². The zero-order valence-electron chi connectivity index (χ0n) is 19.8. The van der Waals surface area contributed by atoms with E-state index in [4.69, 9.17) is 9.47 Å². The molecule has 1 aliphatic carbocycles. The third kappa shape index (κ3) is 5.06. The quantitative estimate of drug-likeness (QED) is 0.480. The standard InChI is InChI=1S/C27H28F2N2O4/c1-15-18(7-17-8-24(34-2)27(33)25(9-17)35-3)20-10-22(28)23(29)11-21(20)19(15)12-26(32)31-14-16-5-4-6-30-13-16/h4-6,8-11,13,15,18-19,33H,7,12,14H2,1-3H3,(H,31,32). The number of aromatic hydroxyl groups is 1. The predicted octanol–water partition coefficient (Wildman–Crippen LogP) is 4.85. The van der Waals surface area contributed by atoms with Gasteiger partial charge in [-0.15, -0.1) is 0 Å². The largest absolute Gasteiger partial charge is 0.502 e. The van der Waals surface area contributed by atoms with Crippen LogP contribution in [0.15, 0.2) is 48.8 Å². The number of amides is 1. The number of fused-ring (bicyclic) bond motifs is 1. The number of ether oxygens (including phenoxy) is 2. The van der Waals surface area contributed by atoms with Crippen molar-refractivity contribution in [3.05, 3.63) is 82.7 Å². The van der Waals surface area contributed by atoms with Crippen LogP contribution >= 0.6 is 0 Å². The van der Waals surface area contributed by atoms with Gasteiger partial charge in [0.15, 0.2) is 23.1 Å². The van der Waals surface area contributed by atoms with Gasteiger partial charge in [0.25, 0.3) is 0 Å². The van der Waals surface area contributed by atoms with Gasteiger partial charge in [-0.05, 0) is 76.8 Å². The molecule has 1 aliphatic rings. The van der Waals surface area contributed by atoms with Gasteiger partial charge in [-0.2, -0.15) is 0 Å². The van der Waals surface area contributed by atoms with Crippen molar-refractivity contribution >= 4 is 5.91 Å². The van der Waals surface area contributed by atoms with E-state index in [1.807, 2.05) is 13.0 Å². The zero-order valence-corrected chi connectivity index (χ0v) is 19.8. The number of nitrogens with zero attached hydrogens (tertiary/aromatic N) is 1. The number of rotatable bonds is 8. The first-order valence-electron chi connectivity index (χ1n) is 11.4. The van der Waals surface area contributed by atoms with Crippen LogP contribution in [0.2, 0.25) is 0 Å². The Balaban J connectivity index is 1.59. The van der Waals surface area contributed by atoms with Crippen molar-refractivity contribution in [1.82, 2.24) is 10.3 Å². The van der Waals surface area contributed by atoms with Crippen LogP contribution in [-0.4, -0.2) is 30.2 Å². The molecule has 1 amide bonds. The van der Waals surface area contributed by atoms with Crippen molar-refractivity contribution in [3.63, 3.8) is 0 Å². The van der Waals surface area contributed by atoms with Crippen LogP contribution in [0.25, 0.3) is 0 Å². The van der Waals surface area contributed by atoms with E-state index in [1.54, 1.807) is 30.6 Å². The van der Waals surface area contributed by atoms with Crippen LogP contribution in [0.3, 0.4) is 0 Å². The van der Waals surface area contributed by atoms with Gasteiger partial charge in [-0.1, -0.05) is 13.0 Å². The van der Waals surface area contributed by atoms with E-state index in [1.165, 1.54) is 26.4 Å². The third-order valence-electron chi connectivity index (χ3n) is 6.81. The fourth-order valence-electron chi connectivity index (χ4n) is 4.95. The number of pyridine rings is 1. The van der Waals surface area contributed by atoms with E-state index in [9.17, 15) is 18.7 Å². The van der Waals surface area contributed by atoms with Crippen LogP contribution < -0.4 is 14.8 Å². The lowest BCUT2D eigenvalue weighted by molar-refractivity contribution is -0.121. The molecule has 35 heavy (non-hydrogen) atoms. The molecule has 0 aliphatic heterocycles. The number of hydrogen-bond acceptors (Lipinski definition) is 5. The topological polar surface area (TPSA) is 80.7 Å². The van der Waals surface area contributed by atoms with Crippen molar-refractivity contribution in [3.8, 4) is 17.2 Å². The van der Waals surface area contributed by atoms with E-state index in [0.717, 1.165) is 11.1 Å². The summed E-state index contributed by atoms with van der Waals surface area (Å²) >= 11 is 0. The molecule has 0 fully saturated rings. The smallest absolute Gasteiger partial charge is 0.220 e. The summed E-state index contributed by atoms with van der Waals surface area (Å²) in [5, 5.41) is 13.1. The highest BCUT2D eigenvalue weighted by atomic mass is 19.2. The number of carbonyl (C=O) groups is 1. The molecule has 1 heterocycles. The molecule has 2 aromatic carbocycles. The second-order valence-corrected chi connectivity index (χ2v) is 8.86. The lowest BCUT2D eigenvalue weighted by Crippen LogP contribution is -2.26. The van der Waals surface area contributed by atoms with Gasteiger partial charge in [0.2, 0.25) is 11.7 Å². The van der Waals surface area contributed by atoms with Gasteiger partial charge < -0.3 is 19.9 Å². The van der Waals surface area contributed by atoms with E-state index in [0.29, 0.717) is 24.1 Å². The first-order valence-corrected chi connectivity index (χ1v) is 11.4. The van der Waals surface area contributed by atoms with Crippen LogP contribution in [0, 0.1) is 17.6 Å². The van der Waals surface area contributed by atoms with Gasteiger partial charge in [0, 0.05) is 25.4 Å². The summed E-state index contributed by atoms with van der Waals surface area (Å²) in [5.41, 5.74) is 3.02. The third-order valence-corrected chi connectivity index (χ3v) is 6.81. The van der Waals surface area contributed by atoms with Gasteiger partial charge in [-0.3, -0.25) is 9.78 Å². The summed E-state index contributed by atoms with van der Waals surface area (Å²) in [5.74, 6) is -2.10. The van der Waals surface area contributed by atoms with Crippen molar-refractivity contribution in [2.75, 3.05) is 14.2 Å². The molecule has 1 aromatic heterocycles. The lowest BCUT2D eigenvalue weighted by Gasteiger charge is -2.22. The Labute approximate surface area is 202 Å². The molecule has 0 saturated carbocycles. The molecule has 8 heteroatoms. The Morgan fingerprint density at radius 3 is 2.23 bits per heavy atom. The molecule has 4 rings (SSSR count). The SMILES string of the molecule is COc1cc(CC2c3cc(F)c(F)cc3C(CC(=O)NCc3cccnc3)C2C)cc(OC)c1O. The zero-order chi connectivity index (χ0) is 25.1. The van der Waals surface area contributed by atoms with Crippen LogP contribution in [0.4, 0.5) is 8.78 Å². The Hall–Kier alpha value is -3.68. The number of methoxy groups -OCH3 is 2. The number of nitrogens with one attached hydrogen (secondary N) is 1. The summed E-state index contributed by atoms with van der Waals surface area (Å²) in [6, 6.07) is 9.55. The summed E-state index contributed by atoms with van der Waals surface area (Å²) in [7, 11) is 2.90. The summed E-state index contributed by atoms with van der Waals surface area (Å²) < 4.78 is 39.0. The highest BCUT2D eigenvalue weighted by molar-refractivity contribution is 5.77. The minimum absolute atomic E-state index is 0.0684. The number of phenols is 1. The average Bonchev–Trinajstić information content (AvgIpc) is 3.09. The number of aromatic nitrogens is 1. The molecule has 0 bridgehead atoms. The maximum absolute atomic E-state index is 14.3. The summed E-state index contributed by atoms with van der Waals surface area (Å²) in [6.07, 6.45) is 3.97. The molecule has 0 spiro atoms. The molecule has 3 aromatic rings. The summed E-state index contributed by atoms with van der Waals surface area (Å²) in [4.78, 5) is 16.8. The molecule has 2 N–H and O–H groups in total. The normalized spacial score (nSPS) is 18.7. The predicted molar refractivity (Wildman–Crippen MR) is 127 cm³/mol. The maximum Gasteiger partial charge on any atom is 0.220 e. The molecular formula is C27H28F2N2O4. The molecule has 6 nitrogen and oxygen atoms in total. The van der Waals surface area contributed by atoms with Crippen LogP contribution in [-0.2, 0) is 17.8 Å². The van der Waals surface area contributed by atoms with Gasteiger partial charge in [0.05, 0.1) is 14.2 Å². The minimum atomic E-state index is -0.926. The second kappa shape index (κ2) is 10.3. The van der Waals surface area contributed by atoms with Crippen LogP contribution in [0.5, 0.6) is 17.2 Å². The molecule has 184 valence electrons. The minimum Gasteiger partial charge on any atom is -0.502 e. The van der Waals surface area contributed by atoms with E-state index >= 15 is 0 Å². The monoisotopic (exact) mass is 482 g/mol. The number of hydrogen-bond donors (Lipinski definition) is 2. The molecule has 3 unspecified atom stereocenters. The Bertz CT molecular complexity index is 1190. The van der Waals surface area contributed by atoms with E-state index < -0.39 is 11.6 Å². The number of halogens is 2.